The average Bonchev–Trinajstić information content (AvgIpc) is 3.03. The number of hydrogen-bond acceptors (Lipinski definition) is 5. The molecule has 136 valence electrons. The molecule has 0 saturated carbocycles. The summed E-state index contributed by atoms with van der Waals surface area (Å²) in [6.07, 6.45) is 1.78. The maximum atomic E-state index is 12.6. The van der Waals surface area contributed by atoms with Crippen LogP contribution in [0.2, 0.25) is 0 Å². The largest absolute Gasteiger partial charge is 0.422 e. The van der Waals surface area contributed by atoms with Gasteiger partial charge in [-0.05, 0) is 42.7 Å². The second kappa shape index (κ2) is 7.32. The monoisotopic (exact) mass is 378 g/mol. The fourth-order valence-electron chi connectivity index (χ4n) is 3.06. The maximum absolute atomic E-state index is 12.6. The Morgan fingerprint density at radius 1 is 1.19 bits per heavy atom. The number of hydrogen-bond donors (Lipinski definition) is 1. The van der Waals surface area contributed by atoms with Crippen molar-refractivity contribution < 1.29 is 14.3 Å². The van der Waals surface area contributed by atoms with Crippen molar-refractivity contribution in [1.29, 1.82) is 0 Å². The number of nitrogens with one attached hydrogen (secondary N) is 1. The number of ether oxygens (including phenoxy) is 1. The van der Waals surface area contributed by atoms with Crippen molar-refractivity contribution in [2.24, 2.45) is 0 Å². The predicted molar refractivity (Wildman–Crippen MR) is 104 cm³/mol. The number of esters is 1. The molecule has 1 amide bonds. The van der Waals surface area contributed by atoms with Gasteiger partial charge < -0.3 is 10.1 Å². The second-order valence-corrected chi connectivity index (χ2v) is 7.52. The normalized spacial score (nSPS) is 13.0. The topological polar surface area (TPSA) is 68.3 Å². The van der Waals surface area contributed by atoms with Crippen molar-refractivity contribution >= 4 is 28.9 Å². The summed E-state index contributed by atoms with van der Waals surface area (Å²) in [4.78, 5) is 29.1. The summed E-state index contributed by atoms with van der Waals surface area (Å²) in [5, 5.41) is 3.71. The van der Waals surface area contributed by atoms with Gasteiger partial charge >= 0.3 is 5.97 Å². The molecule has 27 heavy (non-hydrogen) atoms. The number of aromatic nitrogens is 1. The fourth-order valence-corrected chi connectivity index (χ4v) is 4.04. The van der Waals surface area contributed by atoms with Crippen LogP contribution in [0.25, 0.3) is 0 Å². The van der Waals surface area contributed by atoms with Crippen molar-refractivity contribution in [3.8, 4) is 5.75 Å². The van der Waals surface area contributed by atoms with Crippen LogP contribution in [0.1, 0.15) is 37.9 Å². The van der Waals surface area contributed by atoms with Crippen LogP contribution in [-0.2, 0) is 17.6 Å². The molecule has 0 atom stereocenters. The van der Waals surface area contributed by atoms with Crippen LogP contribution >= 0.6 is 11.3 Å². The lowest BCUT2D eigenvalue weighted by molar-refractivity contribution is -0.116. The van der Waals surface area contributed by atoms with Gasteiger partial charge in [0.05, 0.1) is 10.7 Å². The number of rotatable bonds is 4. The molecule has 3 aromatic rings. The van der Waals surface area contributed by atoms with Gasteiger partial charge in [0.1, 0.15) is 10.6 Å². The van der Waals surface area contributed by atoms with Crippen LogP contribution in [0, 0.1) is 6.92 Å². The Hall–Kier alpha value is -2.99. The lowest BCUT2D eigenvalue weighted by atomic mass is 10.0. The zero-order valence-corrected chi connectivity index (χ0v) is 15.6. The van der Waals surface area contributed by atoms with E-state index in [0.717, 1.165) is 21.8 Å². The molecule has 0 spiro atoms. The third kappa shape index (κ3) is 3.90. The molecule has 2 aromatic carbocycles. The minimum absolute atomic E-state index is 0.0125. The standard InChI is InChI=1S/C21H18N2O3S/c1-13-20(27-19(22-13)11-14-5-3-2-4-6-14)21(25)26-16-8-9-17-15(12-16)7-10-18(24)23-17/h2-6,8-9,12H,7,10-11H2,1H3,(H,23,24). The Balaban J connectivity index is 1.49. The number of fused-ring (bicyclic) bond motifs is 1. The number of amides is 1. The van der Waals surface area contributed by atoms with Crippen LogP contribution in [0.15, 0.2) is 48.5 Å². The molecular formula is C21H18N2O3S. The van der Waals surface area contributed by atoms with E-state index < -0.39 is 5.97 Å². The third-order valence-electron chi connectivity index (χ3n) is 4.41. The van der Waals surface area contributed by atoms with Crippen molar-refractivity contribution in [3.05, 3.63) is 75.2 Å². The minimum atomic E-state index is -0.399. The molecule has 4 rings (SSSR count). The van der Waals surface area contributed by atoms with Gasteiger partial charge in [0, 0.05) is 18.5 Å². The summed E-state index contributed by atoms with van der Waals surface area (Å²) in [5.41, 5.74) is 3.60. The Labute approximate surface area is 161 Å². The molecule has 1 aliphatic heterocycles. The lowest BCUT2D eigenvalue weighted by Gasteiger charge is -2.17. The first-order valence-corrected chi connectivity index (χ1v) is 9.55. The third-order valence-corrected chi connectivity index (χ3v) is 5.54. The summed E-state index contributed by atoms with van der Waals surface area (Å²) in [5.74, 6) is 0.0925. The number of benzene rings is 2. The van der Waals surface area contributed by atoms with Gasteiger partial charge in [-0.15, -0.1) is 11.3 Å². The SMILES string of the molecule is Cc1nc(Cc2ccccc2)sc1C(=O)Oc1ccc2c(c1)CCC(=O)N2. The zero-order valence-electron chi connectivity index (χ0n) is 14.8. The molecule has 0 aliphatic carbocycles. The summed E-state index contributed by atoms with van der Waals surface area (Å²) in [7, 11) is 0. The highest BCUT2D eigenvalue weighted by Gasteiger charge is 2.20. The first-order chi connectivity index (χ1) is 13.1. The zero-order chi connectivity index (χ0) is 18.8. The summed E-state index contributed by atoms with van der Waals surface area (Å²) < 4.78 is 5.56. The molecular weight excluding hydrogens is 360 g/mol. The lowest BCUT2D eigenvalue weighted by Crippen LogP contribution is -2.19. The van der Waals surface area contributed by atoms with E-state index in [0.29, 0.717) is 35.6 Å². The van der Waals surface area contributed by atoms with Crippen molar-refractivity contribution in [1.82, 2.24) is 4.98 Å². The number of carbonyl (C=O) groups is 2. The van der Waals surface area contributed by atoms with E-state index in [-0.39, 0.29) is 5.91 Å². The summed E-state index contributed by atoms with van der Waals surface area (Å²) in [6.45, 7) is 1.82. The average molecular weight is 378 g/mol. The highest BCUT2D eigenvalue weighted by atomic mass is 32.1. The minimum Gasteiger partial charge on any atom is -0.422 e. The summed E-state index contributed by atoms with van der Waals surface area (Å²) in [6, 6.07) is 15.3. The smallest absolute Gasteiger partial charge is 0.355 e. The number of anilines is 1. The Bertz CT molecular complexity index is 1010. The quantitative estimate of drug-likeness (QED) is 0.547. The van der Waals surface area contributed by atoms with Gasteiger partial charge in [-0.2, -0.15) is 0 Å². The molecule has 6 heteroatoms. The number of carbonyl (C=O) groups excluding carboxylic acids is 2. The van der Waals surface area contributed by atoms with Gasteiger partial charge in [-0.25, -0.2) is 9.78 Å². The van der Waals surface area contributed by atoms with E-state index in [4.69, 9.17) is 4.74 Å². The maximum Gasteiger partial charge on any atom is 0.355 e. The van der Waals surface area contributed by atoms with Gasteiger partial charge in [0.2, 0.25) is 5.91 Å². The molecule has 0 saturated heterocycles. The van der Waals surface area contributed by atoms with Gasteiger partial charge in [0.25, 0.3) is 0 Å². The molecule has 1 N–H and O–H groups in total. The molecule has 2 heterocycles. The first-order valence-electron chi connectivity index (χ1n) is 8.73. The highest BCUT2D eigenvalue weighted by molar-refractivity contribution is 7.13. The fraction of sp³-hybridized carbons (Fsp3) is 0.190. The van der Waals surface area contributed by atoms with E-state index in [1.54, 1.807) is 12.1 Å². The molecule has 1 aliphatic rings. The Morgan fingerprint density at radius 2 is 2.00 bits per heavy atom. The van der Waals surface area contributed by atoms with E-state index in [2.05, 4.69) is 10.3 Å². The molecule has 1 aromatic heterocycles. The molecule has 0 bridgehead atoms. The predicted octanol–water partition coefficient (Wildman–Crippen LogP) is 4.15. The molecule has 0 radical (unpaired) electrons. The highest BCUT2D eigenvalue weighted by Crippen LogP contribution is 2.28. The van der Waals surface area contributed by atoms with Crippen molar-refractivity contribution in [3.63, 3.8) is 0 Å². The second-order valence-electron chi connectivity index (χ2n) is 6.44. The van der Waals surface area contributed by atoms with Crippen molar-refractivity contribution in [2.75, 3.05) is 5.32 Å². The van der Waals surface area contributed by atoms with Crippen LogP contribution in [0.4, 0.5) is 5.69 Å². The van der Waals surface area contributed by atoms with Gasteiger partial charge in [-0.3, -0.25) is 4.79 Å². The Morgan fingerprint density at radius 3 is 2.81 bits per heavy atom. The van der Waals surface area contributed by atoms with E-state index >= 15 is 0 Å². The van der Waals surface area contributed by atoms with E-state index in [9.17, 15) is 9.59 Å². The summed E-state index contributed by atoms with van der Waals surface area (Å²) >= 11 is 1.37. The van der Waals surface area contributed by atoms with Gasteiger partial charge in [-0.1, -0.05) is 30.3 Å². The Kier molecular flexibility index (Phi) is 4.73. The molecule has 5 nitrogen and oxygen atoms in total. The van der Waals surface area contributed by atoms with Crippen LogP contribution < -0.4 is 10.1 Å². The van der Waals surface area contributed by atoms with E-state index in [1.165, 1.54) is 11.3 Å². The van der Waals surface area contributed by atoms with Gasteiger partial charge in [0.15, 0.2) is 0 Å². The van der Waals surface area contributed by atoms with Crippen molar-refractivity contribution in [2.45, 2.75) is 26.2 Å². The number of thiazole rings is 1. The molecule has 0 unspecified atom stereocenters. The van der Waals surface area contributed by atoms with Crippen LogP contribution in [-0.4, -0.2) is 16.9 Å². The number of aryl methyl sites for hydroxylation is 2. The molecule has 0 fully saturated rings. The number of nitrogens with zero attached hydrogens (tertiary/aromatic N) is 1. The van der Waals surface area contributed by atoms with Crippen LogP contribution in [0.5, 0.6) is 5.75 Å². The van der Waals surface area contributed by atoms with E-state index in [1.807, 2.05) is 43.3 Å². The first kappa shape index (κ1) is 17.4. The van der Waals surface area contributed by atoms with Crippen LogP contribution in [0.3, 0.4) is 0 Å².